The molecule has 0 saturated carbocycles. The first-order chi connectivity index (χ1) is 6.17. The third-order valence-corrected chi connectivity index (χ3v) is 7.26. The Labute approximate surface area is 89.1 Å². The molecule has 0 amide bonds. The average Bonchev–Trinajstić information content (AvgIpc) is 1.95. The molecule has 0 rings (SSSR count). The highest BCUT2D eigenvalue weighted by Crippen LogP contribution is 2.36. The van der Waals surface area contributed by atoms with Crippen molar-refractivity contribution in [2.75, 3.05) is 6.61 Å². The van der Waals surface area contributed by atoms with Gasteiger partial charge >= 0.3 is 0 Å². The largest absolute Gasteiger partial charge is 0.413 e. The van der Waals surface area contributed by atoms with E-state index in [1.54, 1.807) is 13.0 Å². The van der Waals surface area contributed by atoms with Crippen LogP contribution in [0.1, 0.15) is 27.7 Å². The topological polar surface area (TPSA) is 29.5 Å². The SMILES string of the molecule is C[C@@H](O)/C=C/CO[Si](C)(C)C(C)(C)C. The van der Waals surface area contributed by atoms with Crippen molar-refractivity contribution in [2.24, 2.45) is 0 Å². The molecule has 84 valence electrons. The van der Waals surface area contributed by atoms with Crippen LogP contribution < -0.4 is 0 Å². The first-order valence-electron chi connectivity index (χ1n) is 5.15. The molecule has 0 saturated heterocycles. The molecular formula is C11H24O2Si. The molecule has 0 heterocycles. The van der Waals surface area contributed by atoms with E-state index in [9.17, 15) is 0 Å². The first kappa shape index (κ1) is 13.9. The monoisotopic (exact) mass is 216 g/mol. The van der Waals surface area contributed by atoms with Crippen LogP contribution in [0, 0.1) is 0 Å². The molecule has 0 radical (unpaired) electrons. The van der Waals surface area contributed by atoms with Crippen LogP contribution in [-0.4, -0.2) is 26.1 Å². The minimum absolute atomic E-state index is 0.256. The van der Waals surface area contributed by atoms with Gasteiger partial charge in [-0.15, -0.1) is 0 Å². The lowest BCUT2D eigenvalue weighted by molar-refractivity contribution is 0.242. The quantitative estimate of drug-likeness (QED) is 0.578. The normalized spacial score (nSPS) is 16.2. The first-order valence-corrected chi connectivity index (χ1v) is 8.06. The summed E-state index contributed by atoms with van der Waals surface area (Å²) >= 11 is 0. The van der Waals surface area contributed by atoms with Crippen LogP contribution in [0.15, 0.2) is 12.2 Å². The zero-order valence-electron chi connectivity index (χ0n) is 10.3. The summed E-state index contributed by atoms with van der Waals surface area (Å²) in [4.78, 5) is 0. The molecule has 2 nitrogen and oxygen atoms in total. The van der Waals surface area contributed by atoms with Crippen molar-refractivity contribution in [1.82, 2.24) is 0 Å². The van der Waals surface area contributed by atoms with Crippen molar-refractivity contribution in [3.63, 3.8) is 0 Å². The second-order valence-electron chi connectivity index (χ2n) is 5.24. The van der Waals surface area contributed by atoms with Crippen LogP contribution >= 0.6 is 0 Å². The number of aliphatic hydroxyl groups is 1. The van der Waals surface area contributed by atoms with E-state index in [0.29, 0.717) is 6.61 Å². The summed E-state index contributed by atoms with van der Waals surface area (Å²) in [6.07, 6.45) is 3.27. The molecular weight excluding hydrogens is 192 g/mol. The van der Waals surface area contributed by atoms with Crippen LogP contribution in [0.4, 0.5) is 0 Å². The van der Waals surface area contributed by atoms with E-state index in [4.69, 9.17) is 9.53 Å². The van der Waals surface area contributed by atoms with Crippen molar-refractivity contribution in [1.29, 1.82) is 0 Å². The molecule has 0 aromatic heterocycles. The highest BCUT2D eigenvalue weighted by Gasteiger charge is 2.36. The van der Waals surface area contributed by atoms with Crippen LogP contribution in [0.2, 0.25) is 18.1 Å². The van der Waals surface area contributed by atoms with Gasteiger partial charge in [0.2, 0.25) is 0 Å². The second-order valence-corrected chi connectivity index (χ2v) is 10.0. The fourth-order valence-electron chi connectivity index (χ4n) is 0.725. The molecule has 0 aliphatic carbocycles. The maximum atomic E-state index is 9.01. The fourth-order valence-corrected chi connectivity index (χ4v) is 1.67. The van der Waals surface area contributed by atoms with Crippen LogP contribution in [0.5, 0.6) is 0 Å². The maximum absolute atomic E-state index is 9.01. The van der Waals surface area contributed by atoms with Gasteiger partial charge in [0.05, 0.1) is 12.7 Å². The Balaban J connectivity index is 4.01. The van der Waals surface area contributed by atoms with Gasteiger partial charge in [0.1, 0.15) is 0 Å². The van der Waals surface area contributed by atoms with Gasteiger partial charge in [-0.25, -0.2) is 0 Å². The molecule has 0 spiro atoms. The standard InChI is InChI=1S/C11H24O2Si/c1-10(12)8-7-9-13-14(5,6)11(2,3)4/h7-8,10,12H,9H2,1-6H3/b8-7+/t10-/m1/s1. The van der Waals surface area contributed by atoms with E-state index in [1.165, 1.54) is 0 Å². The minimum Gasteiger partial charge on any atom is -0.413 e. The molecule has 0 aliphatic heterocycles. The highest BCUT2D eigenvalue weighted by molar-refractivity contribution is 6.74. The van der Waals surface area contributed by atoms with E-state index in [1.807, 2.05) is 6.08 Å². The molecule has 0 aliphatic rings. The summed E-state index contributed by atoms with van der Waals surface area (Å²) in [6.45, 7) is 13.5. The predicted octanol–water partition coefficient (Wildman–Crippen LogP) is 2.95. The van der Waals surface area contributed by atoms with Crippen LogP contribution in [0.3, 0.4) is 0 Å². The van der Waals surface area contributed by atoms with Gasteiger partial charge in [-0.3, -0.25) is 0 Å². The van der Waals surface area contributed by atoms with Gasteiger partial charge in [-0.05, 0) is 25.1 Å². The zero-order chi connectivity index (χ0) is 11.4. The smallest absolute Gasteiger partial charge is 0.192 e. The number of rotatable bonds is 4. The van der Waals surface area contributed by atoms with E-state index in [-0.39, 0.29) is 11.1 Å². The van der Waals surface area contributed by atoms with Gasteiger partial charge in [-0.1, -0.05) is 32.9 Å². The van der Waals surface area contributed by atoms with E-state index in [2.05, 4.69) is 33.9 Å². The molecule has 0 unspecified atom stereocenters. The maximum Gasteiger partial charge on any atom is 0.192 e. The van der Waals surface area contributed by atoms with Gasteiger partial charge in [-0.2, -0.15) is 0 Å². The van der Waals surface area contributed by atoms with Crippen LogP contribution in [-0.2, 0) is 4.43 Å². The number of hydrogen-bond acceptors (Lipinski definition) is 2. The summed E-state index contributed by atoms with van der Waals surface area (Å²) in [5.41, 5.74) is 0. The van der Waals surface area contributed by atoms with E-state index >= 15 is 0 Å². The Morgan fingerprint density at radius 2 is 1.86 bits per heavy atom. The summed E-state index contributed by atoms with van der Waals surface area (Å²) in [5.74, 6) is 0. The van der Waals surface area contributed by atoms with Gasteiger partial charge in [0.15, 0.2) is 8.32 Å². The lowest BCUT2D eigenvalue weighted by Gasteiger charge is -2.35. The Morgan fingerprint density at radius 3 is 2.21 bits per heavy atom. The van der Waals surface area contributed by atoms with Gasteiger partial charge in [0, 0.05) is 0 Å². The summed E-state index contributed by atoms with van der Waals surface area (Å²) < 4.78 is 5.89. The van der Waals surface area contributed by atoms with Gasteiger partial charge < -0.3 is 9.53 Å². The van der Waals surface area contributed by atoms with Crippen molar-refractivity contribution in [3.8, 4) is 0 Å². The minimum atomic E-state index is -1.61. The highest BCUT2D eigenvalue weighted by atomic mass is 28.4. The Kier molecular flexibility index (Phi) is 5.05. The molecule has 1 N–H and O–H groups in total. The van der Waals surface area contributed by atoms with Crippen molar-refractivity contribution >= 4 is 8.32 Å². The van der Waals surface area contributed by atoms with E-state index < -0.39 is 8.32 Å². The molecule has 0 aromatic carbocycles. The summed E-state index contributed by atoms with van der Waals surface area (Å²) in [7, 11) is -1.61. The lowest BCUT2D eigenvalue weighted by atomic mass is 10.2. The van der Waals surface area contributed by atoms with Crippen molar-refractivity contribution < 1.29 is 9.53 Å². The molecule has 0 aromatic rings. The zero-order valence-corrected chi connectivity index (χ0v) is 11.3. The van der Waals surface area contributed by atoms with E-state index in [0.717, 1.165) is 0 Å². The fraction of sp³-hybridized carbons (Fsp3) is 0.818. The Morgan fingerprint density at radius 1 is 1.36 bits per heavy atom. The number of aliphatic hydroxyl groups excluding tert-OH is 1. The molecule has 14 heavy (non-hydrogen) atoms. The Bertz CT molecular complexity index is 190. The second kappa shape index (κ2) is 5.10. The third-order valence-electron chi connectivity index (χ3n) is 2.76. The van der Waals surface area contributed by atoms with Crippen molar-refractivity contribution in [3.05, 3.63) is 12.2 Å². The predicted molar refractivity (Wildman–Crippen MR) is 64.0 cm³/mol. The lowest BCUT2D eigenvalue weighted by Crippen LogP contribution is -2.40. The molecule has 1 atom stereocenters. The molecule has 0 fully saturated rings. The average molecular weight is 216 g/mol. The number of hydrogen-bond donors (Lipinski definition) is 1. The summed E-state index contributed by atoms with van der Waals surface area (Å²) in [6, 6.07) is 0. The third kappa shape index (κ3) is 4.93. The molecule has 0 bridgehead atoms. The van der Waals surface area contributed by atoms with Gasteiger partial charge in [0.25, 0.3) is 0 Å². The van der Waals surface area contributed by atoms with Crippen LogP contribution in [0.25, 0.3) is 0 Å². The summed E-state index contributed by atoms with van der Waals surface area (Å²) in [5, 5.41) is 9.27. The molecule has 3 heteroatoms. The Hall–Kier alpha value is -0.123. The van der Waals surface area contributed by atoms with Crippen molar-refractivity contribution in [2.45, 2.75) is 51.9 Å².